The van der Waals surface area contributed by atoms with Crippen molar-refractivity contribution in [2.75, 3.05) is 12.3 Å². The smallest absolute Gasteiger partial charge is 0.151 e. The lowest BCUT2D eigenvalue weighted by atomic mass is 9.92. The standard InChI is InChI=1S/C20H21N5O2/c21-11-10-20(18-7-6-17-19(22)23-14-24-25(17)18)9-8-16(27-20)13-26-12-15-4-2-1-3-5-15/h1-7,14,16H,8-10,12-13H2,(H2,22,23,24). The van der Waals surface area contributed by atoms with Gasteiger partial charge in [-0.1, -0.05) is 30.3 Å². The van der Waals surface area contributed by atoms with Gasteiger partial charge in [0.05, 0.1) is 37.5 Å². The maximum atomic E-state index is 9.40. The lowest BCUT2D eigenvalue weighted by Crippen LogP contribution is -2.29. The molecule has 7 nitrogen and oxygen atoms in total. The lowest BCUT2D eigenvalue weighted by molar-refractivity contribution is -0.0786. The zero-order valence-electron chi connectivity index (χ0n) is 14.9. The molecule has 27 heavy (non-hydrogen) atoms. The van der Waals surface area contributed by atoms with E-state index in [9.17, 15) is 5.26 Å². The van der Waals surface area contributed by atoms with Crippen molar-refractivity contribution >= 4 is 11.3 Å². The highest BCUT2D eigenvalue weighted by Crippen LogP contribution is 2.42. The quantitative estimate of drug-likeness (QED) is 0.723. The molecule has 1 fully saturated rings. The summed E-state index contributed by atoms with van der Waals surface area (Å²) in [6, 6.07) is 16.1. The topological polar surface area (TPSA) is 98.5 Å². The van der Waals surface area contributed by atoms with E-state index in [1.54, 1.807) is 4.52 Å². The molecule has 3 heterocycles. The number of benzene rings is 1. The van der Waals surface area contributed by atoms with Crippen molar-refractivity contribution in [1.29, 1.82) is 5.26 Å². The van der Waals surface area contributed by atoms with Crippen LogP contribution in [0.1, 0.15) is 30.5 Å². The third-order valence-electron chi connectivity index (χ3n) is 4.99. The van der Waals surface area contributed by atoms with E-state index < -0.39 is 5.60 Å². The first-order chi connectivity index (χ1) is 13.2. The summed E-state index contributed by atoms with van der Waals surface area (Å²) >= 11 is 0. The van der Waals surface area contributed by atoms with Gasteiger partial charge in [0.25, 0.3) is 0 Å². The van der Waals surface area contributed by atoms with E-state index in [0.717, 1.165) is 29.6 Å². The molecule has 0 amide bonds. The Morgan fingerprint density at radius 2 is 2.15 bits per heavy atom. The predicted octanol–water partition coefficient (Wildman–Crippen LogP) is 2.82. The molecule has 0 bridgehead atoms. The zero-order chi connectivity index (χ0) is 18.7. The SMILES string of the molecule is N#CCC1(c2ccc3c(N)ncnn23)CCC(COCc2ccccc2)O1. The van der Waals surface area contributed by atoms with Crippen LogP contribution >= 0.6 is 0 Å². The number of nitrogens with zero attached hydrogens (tertiary/aromatic N) is 4. The Kier molecular flexibility index (Phi) is 4.75. The number of rotatable bonds is 6. The van der Waals surface area contributed by atoms with Gasteiger partial charge in [-0.15, -0.1) is 0 Å². The van der Waals surface area contributed by atoms with E-state index in [1.165, 1.54) is 6.33 Å². The number of aromatic nitrogens is 3. The van der Waals surface area contributed by atoms with Crippen LogP contribution in [0.5, 0.6) is 0 Å². The summed E-state index contributed by atoms with van der Waals surface area (Å²) in [5.74, 6) is 0.407. The number of nitriles is 1. The van der Waals surface area contributed by atoms with Crippen molar-refractivity contribution in [2.24, 2.45) is 0 Å². The Balaban J connectivity index is 1.50. The Labute approximate surface area is 157 Å². The Morgan fingerprint density at radius 3 is 2.96 bits per heavy atom. The average molecular weight is 363 g/mol. The number of nitrogens with two attached hydrogens (primary N) is 1. The molecule has 2 N–H and O–H groups in total. The number of nitrogen functional groups attached to an aromatic ring is 1. The van der Waals surface area contributed by atoms with Gasteiger partial charge in [-0.05, 0) is 30.5 Å². The van der Waals surface area contributed by atoms with E-state index in [4.69, 9.17) is 15.2 Å². The molecule has 0 radical (unpaired) electrons. The second-order valence-corrected chi connectivity index (χ2v) is 6.77. The van der Waals surface area contributed by atoms with Crippen molar-refractivity contribution in [2.45, 2.75) is 37.6 Å². The fourth-order valence-electron chi connectivity index (χ4n) is 3.67. The molecule has 0 spiro atoms. The Morgan fingerprint density at radius 1 is 1.30 bits per heavy atom. The average Bonchev–Trinajstić information content (AvgIpc) is 3.29. The molecule has 1 aliphatic heterocycles. The molecule has 4 rings (SSSR count). The van der Waals surface area contributed by atoms with Gasteiger partial charge >= 0.3 is 0 Å². The molecule has 3 aromatic rings. The van der Waals surface area contributed by atoms with Crippen molar-refractivity contribution in [3.05, 3.63) is 60.0 Å². The summed E-state index contributed by atoms with van der Waals surface area (Å²) in [7, 11) is 0. The van der Waals surface area contributed by atoms with Gasteiger partial charge < -0.3 is 15.2 Å². The molecule has 138 valence electrons. The summed E-state index contributed by atoms with van der Waals surface area (Å²) in [5, 5.41) is 13.7. The number of hydrogen-bond donors (Lipinski definition) is 1. The molecular weight excluding hydrogens is 342 g/mol. The molecule has 2 unspecified atom stereocenters. The van der Waals surface area contributed by atoms with Gasteiger partial charge in [0, 0.05) is 0 Å². The summed E-state index contributed by atoms with van der Waals surface area (Å²) in [5.41, 5.74) is 7.91. The number of fused-ring (bicyclic) bond motifs is 1. The van der Waals surface area contributed by atoms with E-state index >= 15 is 0 Å². The van der Waals surface area contributed by atoms with E-state index in [2.05, 4.69) is 16.2 Å². The van der Waals surface area contributed by atoms with Crippen LogP contribution in [0.25, 0.3) is 5.52 Å². The van der Waals surface area contributed by atoms with Crippen LogP contribution in [0.2, 0.25) is 0 Å². The van der Waals surface area contributed by atoms with Gasteiger partial charge in [-0.25, -0.2) is 9.50 Å². The second kappa shape index (κ2) is 7.35. The minimum Gasteiger partial charge on any atom is -0.382 e. The lowest BCUT2D eigenvalue weighted by Gasteiger charge is -2.27. The number of hydrogen-bond acceptors (Lipinski definition) is 6. The molecule has 2 aromatic heterocycles. The minimum atomic E-state index is -0.706. The molecule has 1 aromatic carbocycles. The molecule has 2 atom stereocenters. The predicted molar refractivity (Wildman–Crippen MR) is 99.5 cm³/mol. The number of ether oxygens (including phenoxy) is 2. The summed E-state index contributed by atoms with van der Waals surface area (Å²) in [6.45, 7) is 1.03. The van der Waals surface area contributed by atoms with Crippen LogP contribution in [0.15, 0.2) is 48.8 Å². The summed E-state index contributed by atoms with van der Waals surface area (Å²) in [6.07, 6.45) is 3.16. The van der Waals surface area contributed by atoms with Gasteiger partial charge in [-0.3, -0.25) is 0 Å². The largest absolute Gasteiger partial charge is 0.382 e. The fraction of sp³-hybridized carbons (Fsp3) is 0.350. The van der Waals surface area contributed by atoms with Crippen molar-refractivity contribution in [1.82, 2.24) is 14.6 Å². The van der Waals surface area contributed by atoms with E-state index in [0.29, 0.717) is 19.0 Å². The highest BCUT2D eigenvalue weighted by Gasteiger charge is 2.44. The van der Waals surface area contributed by atoms with Crippen LogP contribution in [-0.4, -0.2) is 27.3 Å². The summed E-state index contributed by atoms with van der Waals surface area (Å²) < 4.78 is 13.9. The van der Waals surface area contributed by atoms with Gasteiger partial charge in [0.1, 0.15) is 17.4 Å². The van der Waals surface area contributed by atoms with Gasteiger partial charge in [-0.2, -0.15) is 10.4 Å². The minimum absolute atomic E-state index is 0.0632. The molecular formula is C20H21N5O2. The first-order valence-corrected chi connectivity index (χ1v) is 8.97. The first kappa shape index (κ1) is 17.5. The third kappa shape index (κ3) is 3.37. The van der Waals surface area contributed by atoms with Crippen molar-refractivity contribution in [3.8, 4) is 6.07 Å². The van der Waals surface area contributed by atoms with Crippen LogP contribution in [0.3, 0.4) is 0 Å². The molecule has 1 aliphatic rings. The van der Waals surface area contributed by atoms with E-state index in [1.807, 2.05) is 42.5 Å². The van der Waals surface area contributed by atoms with Crippen LogP contribution in [0, 0.1) is 11.3 Å². The third-order valence-corrected chi connectivity index (χ3v) is 4.99. The highest BCUT2D eigenvalue weighted by atomic mass is 16.6. The normalized spacial score (nSPS) is 22.1. The highest BCUT2D eigenvalue weighted by molar-refractivity contribution is 5.65. The maximum absolute atomic E-state index is 9.40. The second-order valence-electron chi connectivity index (χ2n) is 6.77. The Hall–Kier alpha value is -2.95. The molecule has 0 saturated carbocycles. The fourth-order valence-corrected chi connectivity index (χ4v) is 3.67. The molecule has 7 heteroatoms. The van der Waals surface area contributed by atoms with Crippen molar-refractivity contribution in [3.63, 3.8) is 0 Å². The summed E-state index contributed by atoms with van der Waals surface area (Å²) in [4.78, 5) is 4.02. The number of anilines is 1. The van der Waals surface area contributed by atoms with Crippen LogP contribution in [-0.2, 0) is 21.7 Å². The van der Waals surface area contributed by atoms with Gasteiger partial charge in [0.2, 0.25) is 0 Å². The monoisotopic (exact) mass is 363 g/mol. The van der Waals surface area contributed by atoms with Gasteiger partial charge in [0.15, 0.2) is 5.82 Å². The maximum Gasteiger partial charge on any atom is 0.151 e. The van der Waals surface area contributed by atoms with Crippen LogP contribution < -0.4 is 5.73 Å². The zero-order valence-corrected chi connectivity index (χ0v) is 14.9. The first-order valence-electron chi connectivity index (χ1n) is 8.97. The molecule has 0 aliphatic carbocycles. The van der Waals surface area contributed by atoms with Crippen molar-refractivity contribution < 1.29 is 9.47 Å². The van der Waals surface area contributed by atoms with E-state index in [-0.39, 0.29) is 12.5 Å². The van der Waals surface area contributed by atoms with Crippen LogP contribution in [0.4, 0.5) is 5.82 Å². The molecule has 1 saturated heterocycles. The Bertz CT molecular complexity index is 965.